The van der Waals surface area contributed by atoms with Gasteiger partial charge in [0.25, 0.3) is 0 Å². The van der Waals surface area contributed by atoms with Crippen molar-refractivity contribution in [2.24, 2.45) is 5.92 Å². The van der Waals surface area contributed by atoms with Gasteiger partial charge in [-0.15, -0.1) is 0 Å². The minimum Gasteiger partial charge on any atom is -0.490 e. The van der Waals surface area contributed by atoms with Gasteiger partial charge in [-0.2, -0.15) is 0 Å². The SMILES string of the molecule is CC1CCC(Oc2ccccc2)C1. The highest BCUT2D eigenvalue weighted by molar-refractivity contribution is 5.21. The van der Waals surface area contributed by atoms with E-state index in [4.69, 9.17) is 4.74 Å². The van der Waals surface area contributed by atoms with Crippen LogP contribution in [0.1, 0.15) is 26.2 Å². The zero-order valence-electron chi connectivity index (χ0n) is 8.07. The molecule has 1 aliphatic rings. The van der Waals surface area contributed by atoms with Crippen LogP contribution >= 0.6 is 0 Å². The average Bonchev–Trinajstić information content (AvgIpc) is 2.53. The van der Waals surface area contributed by atoms with E-state index in [0.29, 0.717) is 6.10 Å². The Morgan fingerprint density at radius 2 is 1.92 bits per heavy atom. The fraction of sp³-hybridized carbons (Fsp3) is 0.500. The van der Waals surface area contributed by atoms with Gasteiger partial charge in [0.05, 0.1) is 6.10 Å². The van der Waals surface area contributed by atoms with E-state index in [9.17, 15) is 0 Å². The molecular formula is C12H16O. The summed E-state index contributed by atoms with van der Waals surface area (Å²) in [5, 5.41) is 0. The van der Waals surface area contributed by atoms with E-state index in [1.54, 1.807) is 0 Å². The van der Waals surface area contributed by atoms with Gasteiger partial charge in [-0.25, -0.2) is 0 Å². The fourth-order valence-electron chi connectivity index (χ4n) is 1.95. The number of rotatable bonds is 2. The molecule has 0 heterocycles. The molecule has 2 unspecified atom stereocenters. The van der Waals surface area contributed by atoms with Crippen LogP contribution in [0.25, 0.3) is 0 Å². The maximum Gasteiger partial charge on any atom is 0.119 e. The van der Waals surface area contributed by atoms with Crippen molar-refractivity contribution in [3.63, 3.8) is 0 Å². The maximum atomic E-state index is 5.85. The van der Waals surface area contributed by atoms with E-state index in [0.717, 1.165) is 11.7 Å². The zero-order chi connectivity index (χ0) is 9.10. The van der Waals surface area contributed by atoms with Crippen LogP contribution in [-0.4, -0.2) is 6.10 Å². The van der Waals surface area contributed by atoms with Gasteiger partial charge < -0.3 is 4.74 Å². The molecular weight excluding hydrogens is 160 g/mol. The quantitative estimate of drug-likeness (QED) is 0.672. The summed E-state index contributed by atoms with van der Waals surface area (Å²) < 4.78 is 5.85. The molecule has 1 nitrogen and oxygen atoms in total. The van der Waals surface area contributed by atoms with Crippen LogP contribution in [0, 0.1) is 5.92 Å². The molecule has 1 heteroatoms. The molecule has 0 radical (unpaired) electrons. The summed E-state index contributed by atoms with van der Waals surface area (Å²) in [6, 6.07) is 10.1. The van der Waals surface area contributed by atoms with E-state index < -0.39 is 0 Å². The van der Waals surface area contributed by atoms with Crippen molar-refractivity contribution < 1.29 is 4.74 Å². The van der Waals surface area contributed by atoms with Gasteiger partial charge in [-0.1, -0.05) is 25.1 Å². The van der Waals surface area contributed by atoms with E-state index in [-0.39, 0.29) is 0 Å². The highest BCUT2D eigenvalue weighted by Gasteiger charge is 2.22. The third kappa shape index (κ3) is 2.24. The Hall–Kier alpha value is -0.980. The summed E-state index contributed by atoms with van der Waals surface area (Å²) in [6.45, 7) is 2.30. The third-order valence-electron chi connectivity index (χ3n) is 2.69. The smallest absolute Gasteiger partial charge is 0.119 e. The van der Waals surface area contributed by atoms with Gasteiger partial charge in [-0.05, 0) is 37.3 Å². The summed E-state index contributed by atoms with van der Waals surface area (Å²) in [4.78, 5) is 0. The molecule has 1 aliphatic carbocycles. The van der Waals surface area contributed by atoms with Gasteiger partial charge in [0.15, 0.2) is 0 Å². The Balaban J connectivity index is 1.92. The second-order valence-electron chi connectivity index (χ2n) is 3.97. The Kier molecular flexibility index (Phi) is 2.53. The predicted molar refractivity (Wildman–Crippen MR) is 53.9 cm³/mol. The number of ether oxygens (including phenoxy) is 1. The van der Waals surface area contributed by atoms with Crippen LogP contribution in [0.3, 0.4) is 0 Å². The Bertz CT molecular complexity index is 255. The summed E-state index contributed by atoms with van der Waals surface area (Å²) in [7, 11) is 0. The molecule has 0 saturated heterocycles. The minimum absolute atomic E-state index is 0.456. The van der Waals surface area contributed by atoms with Crippen LogP contribution in [0.4, 0.5) is 0 Å². The van der Waals surface area contributed by atoms with Crippen molar-refractivity contribution in [1.29, 1.82) is 0 Å². The average molecular weight is 176 g/mol. The number of benzene rings is 1. The minimum atomic E-state index is 0.456. The van der Waals surface area contributed by atoms with Gasteiger partial charge in [-0.3, -0.25) is 0 Å². The Morgan fingerprint density at radius 1 is 1.15 bits per heavy atom. The summed E-state index contributed by atoms with van der Waals surface area (Å²) in [6.07, 6.45) is 4.21. The van der Waals surface area contributed by atoms with Gasteiger partial charge >= 0.3 is 0 Å². The first-order chi connectivity index (χ1) is 6.34. The van der Waals surface area contributed by atoms with Crippen molar-refractivity contribution in [1.82, 2.24) is 0 Å². The molecule has 1 fully saturated rings. The lowest BCUT2D eigenvalue weighted by atomic mass is 10.1. The predicted octanol–water partition coefficient (Wildman–Crippen LogP) is 3.25. The monoisotopic (exact) mass is 176 g/mol. The molecule has 0 bridgehead atoms. The second kappa shape index (κ2) is 3.82. The molecule has 0 amide bonds. The second-order valence-corrected chi connectivity index (χ2v) is 3.97. The molecule has 0 aromatic heterocycles. The summed E-state index contributed by atoms with van der Waals surface area (Å²) in [5.41, 5.74) is 0. The lowest BCUT2D eigenvalue weighted by molar-refractivity contribution is 0.205. The zero-order valence-corrected chi connectivity index (χ0v) is 8.07. The van der Waals surface area contributed by atoms with Crippen molar-refractivity contribution in [2.45, 2.75) is 32.3 Å². The molecule has 0 spiro atoms. The van der Waals surface area contributed by atoms with Crippen molar-refractivity contribution in [3.8, 4) is 5.75 Å². The largest absolute Gasteiger partial charge is 0.490 e. The number of hydrogen-bond donors (Lipinski definition) is 0. The molecule has 0 aliphatic heterocycles. The van der Waals surface area contributed by atoms with Crippen molar-refractivity contribution in [2.75, 3.05) is 0 Å². The molecule has 70 valence electrons. The van der Waals surface area contributed by atoms with Gasteiger partial charge in [0.2, 0.25) is 0 Å². The van der Waals surface area contributed by atoms with Crippen LogP contribution < -0.4 is 4.74 Å². The van der Waals surface area contributed by atoms with E-state index in [1.807, 2.05) is 30.3 Å². The van der Waals surface area contributed by atoms with Gasteiger partial charge in [0.1, 0.15) is 5.75 Å². The van der Waals surface area contributed by atoms with Crippen LogP contribution in [0.15, 0.2) is 30.3 Å². The summed E-state index contributed by atoms with van der Waals surface area (Å²) in [5.74, 6) is 1.86. The van der Waals surface area contributed by atoms with E-state index >= 15 is 0 Å². The van der Waals surface area contributed by atoms with E-state index in [1.165, 1.54) is 19.3 Å². The lowest BCUT2D eigenvalue weighted by Gasteiger charge is -2.12. The Morgan fingerprint density at radius 3 is 2.54 bits per heavy atom. The maximum absolute atomic E-state index is 5.85. The first-order valence-electron chi connectivity index (χ1n) is 5.06. The molecule has 1 saturated carbocycles. The summed E-state index contributed by atoms with van der Waals surface area (Å²) >= 11 is 0. The van der Waals surface area contributed by atoms with E-state index in [2.05, 4.69) is 6.92 Å². The standard InChI is InChI=1S/C12H16O/c1-10-7-8-12(9-10)13-11-5-3-2-4-6-11/h2-6,10,12H,7-9H2,1H3. The first kappa shape index (κ1) is 8.61. The molecule has 2 rings (SSSR count). The normalized spacial score (nSPS) is 27.5. The van der Waals surface area contributed by atoms with Crippen molar-refractivity contribution in [3.05, 3.63) is 30.3 Å². The van der Waals surface area contributed by atoms with Gasteiger partial charge in [0, 0.05) is 0 Å². The van der Waals surface area contributed by atoms with Crippen LogP contribution in [0.5, 0.6) is 5.75 Å². The fourth-order valence-corrected chi connectivity index (χ4v) is 1.95. The number of hydrogen-bond acceptors (Lipinski definition) is 1. The highest BCUT2D eigenvalue weighted by Crippen LogP contribution is 2.28. The highest BCUT2D eigenvalue weighted by atomic mass is 16.5. The molecule has 1 aromatic rings. The molecule has 0 N–H and O–H groups in total. The molecule has 2 atom stereocenters. The lowest BCUT2D eigenvalue weighted by Crippen LogP contribution is -2.11. The first-order valence-corrected chi connectivity index (χ1v) is 5.06. The Labute approximate surface area is 79.7 Å². The topological polar surface area (TPSA) is 9.23 Å². The molecule has 1 aromatic carbocycles. The number of para-hydroxylation sites is 1. The van der Waals surface area contributed by atoms with Crippen LogP contribution in [-0.2, 0) is 0 Å². The van der Waals surface area contributed by atoms with Crippen molar-refractivity contribution >= 4 is 0 Å². The molecule has 13 heavy (non-hydrogen) atoms. The third-order valence-corrected chi connectivity index (χ3v) is 2.69. The van der Waals surface area contributed by atoms with Crippen LogP contribution in [0.2, 0.25) is 0 Å².